The summed E-state index contributed by atoms with van der Waals surface area (Å²) in [5.74, 6) is 0.143. The van der Waals surface area contributed by atoms with Gasteiger partial charge in [-0.05, 0) is 35.3 Å². The molecular formula is C23H26N4O4S. The molecule has 0 saturated carbocycles. The molecule has 0 radical (unpaired) electrons. The van der Waals surface area contributed by atoms with Gasteiger partial charge in [-0.25, -0.2) is 5.01 Å². The van der Waals surface area contributed by atoms with Crippen LogP contribution >= 0.6 is 11.8 Å². The highest BCUT2D eigenvalue weighted by molar-refractivity contribution is 7.99. The molecule has 2 amide bonds. The number of hydrogen-bond acceptors (Lipinski definition) is 6. The molecule has 2 aromatic carbocycles. The van der Waals surface area contributed by atoms with Crippen LogP contribution in [-0.2, 0) is 9.59 Å². The first-order valence-corrected chi connectivity index (χ1v) is 11.2. The van der Waals surface area contributed by atoms with Crippen LogP contribution in [0.2, 0.25) is 0 Å². The highest BCUT2D eigenvalue weighted by Crippen LogP contribution is 2.39. The summed E-state index contributed by atoms with van der Waals surface area (Å²) in [5, 5.41) is 13.5. The van der Waals surface area contributed by atoms with Crippen molar-refractivity contribution in [3.05, 3.63) is 69.8 Å². The minimum atomic E-state index is -0.390. The SMILES string of the molecule is CC(C)c1ccccc1Sc1ccc(/C=C/C(=O)N2CCN(NC=O)CC2)cc1[N+](=O)[O-]. The van der Waals surface area contributed by atoms with Crippen LogP contribution < -0.4 is 5.43 Å². The average molecular weight is 455 g/mol. The van der Waals surface area contributed by atoms with Crippen LogP contribution in [0.4, 0.5) is 5.69 Å². The van der Waals surface area contributed by atoms with E-state index >= 15 is 0 Å². The van der Waals surface area contributed by atoms with Gasteiger partial charge >= 0.3 is 0 Å². The summed E-state index contributed by atoms with van der Waals surface area (Å²) in [5.41, 5.74) is 4.33. The van der Waals surface area contributed by atoms with E-state index in [1.165, 1.54) is 23.9 Å². The Hall–Kier alpha value is -3.17. The van der Waals surface area contributed by atoms with Gasteiger partial charge in [-0.3, -0.25) is 25.1 Å². The summed E-state index contributed by atoms with van der Waals surface area (Å²) >= 11 is 1.38. The van der Waals surface area contributed by atoms with Gasteiger partial charge in [0.2, 0.25) is 12.3 Å². The van der Waals surface area contributed by atoms with Crippen LogP contribution in [0.5, 0.6) is 0 Å². The van der Waals surface area contributed by atoms with Gasteiger partial charge in [0.15, 0.2) is 0 Å². The molecule has 9 heteroatoms. The number of piperazine rings is 1. The molecule has 1 saturated heterocycles. The van der Waals surface area contributed by atoms with Crippen molar-refractivity contribution in [2.45, 2.75) is 29.6 Å². The first-order chi connectivity index (χ1) is 15.4. The van der Waals surface area contributed by atoms with Crippen molar-refractivity contribution in [2.24, 2.45) is 0 Å². The Kier molecular flexibility index (Phi) is 8.02. The number of hydrogen-bond donors (Lipinski definition) is 1. The number of benzene rings is 2. The lowest BCUT2D eigenvalue weighted by Gasteiger charge is -2.33. The molecule has 0 aliphatic carbocycles. The van der Waals surface area contributed by atoms with Crippen LogP contribution in [0.15, 0.2) is 58.3 Å². The van der Waals surface area contributed by atoms with E-state index in [0.29, 0.717) is 49.0 Å². The van der Waals surface area contributed by atoms with Crippen molar-refractivity contribution in [3.8, 4) is 0 Å². The third kappa shape index (κ3) is 5.95. The standard InChI is InChI=1S/C23H26N4O4S/c1-17(2)19-5-3-4-6-21(19)32-22-9-7-18(15-20(22)27(30)31)8-10-23(29)25-11-13-26(14-12-25)24-16-28/h3-10,15-17H,11-14H2,1-2H3,(H,24,28)/b10-8+. The van der Waals surface area contributed by atoms with Gasteiger partial charge in [0.1, 0.15) is 0 Å². The summed E-state index contributed by atoms with van der Waals surface area (Å²) in [6.07, 6.45) is 3.65. The molecule has 8 nitrogen and oxygen atoms in total. The van der Waals surface area contributed by atoms with Gasteiger partial charge in [0.05, 0.1) is 9.82 Å². The number of nitro benzene ring substituents is 1. The predicted molar refractivity (Wildman–Crippen MR) is 124 cm³/mol. The van der Waals surface area contributed by atoms with Gasteiger partial charge in [0, 0.05) is 43.2 Å². The van der Waals surface area contributed by atoms with Crippen molar-refractivity contribution in [3.63, 3.8) is 0 Å². The molecule has 32 heavy (non-hydrogen) atoms. The first kappa shape index (κ1) is 23.5. The highest BCUT2D eigenvalue weighted by Gasteiger charge is 2.20. The minimum absolute atomic E-state index is 0.0108. The van der Waals surface area contributed by atoms with E-state index in [1.807, 2.05) is 24.3 Å². The Morgan fingerprint density at radius 2 is 1.84 bits per heavy atom. The summed E-state index contributed by atoms with van der Waals surface area (Å²) in [7, 11) is 0. The van der Waals surface area contributed by atoms with E-state index in [2.05, 4.69) is 19.3 Å². The number of rotatable bonds is 8. The van der Waals surface area contributed by atoms with E-state index in [1.54, 1.807) is 28.1 Å². The first-order valence-electron chi connectivity index (χ1n) is 10.4. The van der Waals surface area contributed by atoms with Gasteiger partial charge in [-0.2, -0.15) is 0 Å². The highest BCUT2D eigenvalue weighted by atomic mass is 32.2. The second-order valence-corrected chi connectivity index (χ2v) is 8.76. The molecule has 1 aliphatic heterocycles. The second-order valence-electron chi connectivity index (χ2n) is 7.67. The number of carbonyl (C=O) groups is 2. The average Bonchev–Trinajstić information content (AvgIpc) is 2.79. The van der Waals surface area contributed by atoms with E-state index in [0.717, 1.165) is 10.5 Å². The monoisotopic (exact) mass is 454 g/mol. The van der Waals surface area contributed by atoms with E-state index in [9.17, 15) is 19.7 Å². The third-order valence-electron chi connectivity index (χ3n) is 5.19. The zero-order valence-corrected chi connectivity index (χ0v) is 18.9. The molecule has 168 valence electrons. The van der Waals surface area contributed by atoms with Crippen molar-refractivity contribution >= 4 is 35.8 Å². The van der Waals surface area contributed by atoms with Crippen molar-refractivity contribution in [2.75, 3.05) is 26.2 Å². The number of carbonyl (C=O) groups excluding carboxylic acids is 2. The number of nitro groups is 1. The quantitative estimate of drug-likeness (QED) is 0.283. The summed E-state index contributed by atoms with van der Waals surface area (Å²) in [4.78, 5) is 37.5. The van der Waals surface area contributed by atoms with Crippen molar-refractivity contribution in [1.82, 2.24) is 15.3 Å². The third-order valence-corrected chi connectivity index (χ3v) is 6.34. The largest absolute Gasteiger partial charge is 0.336 e. The topological polar surface area (TPSA) is 95.8 Å². The van der Waals surface area contributed by atoms with Gasteiger partial charge in [-0.15, -0.1) is 0 Å². The lowest BCUT2D eigenvalue weighted by molar-refractivity contribution is -0.387. The molecule has 1 heterocycles. The predicted octanol–water partition coefficient (Wildman–Crippen LogP) is 3.69. The van der Waals surface area contributed by atoms with Gasteiger partial charge < -0.3 is 4.90 Å². The lowest BCUT2D eigenvalue weighted by atomic mass is 10.0. The second kappa shape index (κ2) is 10.9. The van der Waals surface area contributed by atoms with E-state index in [-0.39, 0.29) is 11.6 Å². The number of nitrogens with one attached hydrogen (secondary N) is 1. The fourth-order valence-corrected chi connectivity index (χ4v) is 4.62. The Balaban J connectivity index is 1.73. The summed E-state index contributed by atoms with van der Waals surface area (Å²) < 4.78 is 0. The van der Waals surface area contributed by atoms with Crippen LogP contribution in [0.25, 0.3) is 6.08 Å². The van der Waals surface area contributed by atoms with E-state index in [4.69, 9.17) is 0 Å². The molecule has 3 rings (SSSR count). The maximum Gasteiger partial charge on any atom is 0.283 e. The molecule has 0 spiro atoms. The summed E-state index contributed by atoms with van der Waals surface area (Å²) in [6.45, 7) is 6.28. The Morgan fingerprint density at radius 3 is 2.50 bits per heavy atom. The van der Waals surface area contributed by atoms with E-state index < -0.39 is 4.92 Å². The molecular weight excluding hydrogens is 428 g/mol. The maximum atomic E-state index is 12.5. The normalized spacial score (nSPS) is 14.7. The smallest absolute Gasteiger partial charge is 0.283 e. The van der Waals surface area contributed by atoms with Gasteiger partial charge in [-0.1, -0.05) is 49.9 Å². The van der Waals surface area contributed by atoms with Crippen LogP contribution in [0, 0.1) is 10.1 Å². The molecule has 0 atom stereocenters. The van der Waals surface area contributed by atoms with Crippen LogP contribution in [0.1, 0.15) is 30.9 Å². The van der Waals surface area contributed by atoms with Crippen molar-refractivity contribution in [1.29, 1.82) is 0 Å². The molecule has 0 unspecified atom stereocenters. The fraction of sp³-hybridized carbons (Fsp3) is 0.304. The molecule has 0 bridgehead atoms. The van der Waals surface area contributed by atoms with Crippen LogP contribution in [-0.4, -0.2) is 53.3 Å². The number of nitrogens with zero attached hydrogens (tertiary/aromatic N) is 3. The molecule has 1 fully saturated rings. The van der Waals surface area contributed by atoms with Crippen molar-refractivity contribution < 1.29 is 14.5 Å². The molecule has 1 aliphatic rings. The summed E-state index contributed by atoms with van der Waals surface area (Å²) in [6, 6.07) is 12.9. The Morgan fingerprint density at radius 1 is 1.12 bits per heavy atom. The molecule has 0 aromatic heterocycles. The zero-order valence-electron chi connectivity index (χ0n) is 18.1. The molecule has 1 N–H and O–H groups in total. The zero-order chi connectivity index (χ0) is 23.1. The van der Waals surface area contributed by atoms with Crippen LogP contribution in [0.3, 0.4) is 0 Å². The minimum Gasteiger partial charge on any atom is -0.336 e. The maximum absolute atomic E-state index is 12.5. The Bertz CT molecular complexity index is 1020. The fourth-order valence-electron chi connectivity index (χ4n) is 3.44. The molecule has 2 aromatic rings. The number of hydrazine groups is 1. The Labute approximate surface area is 191 Å². The lowest BCUT2D eigenvalue weighted by Crippen LogP contribution is -2.52. The van der Waals surface area contributed by atoms with Gasteiger partial charge in [0.25, 0.3) is 5.69 Å². The number of amides is 2.